The Hall–Kier alpha value is -2.16. The summed E-state index contributed by atoms with van der Waals surface area (Å²) in [7, 11) is 0. The van der Waals surface area contributed by atoms with E-state index in [1.165, 1.54) is 0 Å². The van der Waals surface area contributed by atoms with Gasteiger partial charge in [0.05, 0.1) is 11.9 Å². The van der Waals surface area contributed by atoms with Crippen LogP contribution in [0.2, 0.25) is 0 Å². The standard InChI is InChI=1S/C13H12N2O/c1-10-5-4-6-11(15-10)9-14-12-7-2-3-8-13(12)16/h2-9,16H,1H3/b14-9+. The van der Waals surface area contributed by atoms with Gasteiger partial charge in [-0.15, -0.1) is 0 Å². The molecule has 0 spiro atoms. The van der Waals surface area contributed by atoms with Gasteiger partial charge in [-0.05, 0) is 31.2 Å². The van der Waals surface area contributed by atoms with E-state index in [0.717, 1.165) is 11.4 Å². The summed E-state index contributed by atoms with van der Waals surface area (Å²) in [5.41, 5.74) is 2.27. The Labute approximate surface area is 94.1 Å². The van der Waals surface area contributed by atoms with Crippen LogP contribution >= 0.6 is 0 Å². The average Bonchev–Trinajstić information content (AvgIpc) is 2.28. The van der Waals surface area contributed by atoms with Crippen LogP contribution in [0.3, 0.4) is 0 Å². The third-order valence-corrected chi connectivity index (χ3v) is 2.13. The summed E-state index contributed by atoms with van der Waals surface area (Å²) in [6.45, 7) is 1.93. The van der Waals surface area contributed by atoms with Crippen molar-refractivity contribution in [2.24, 2.45) is 4.99 Å². The van der Waals surface area contributed by atoms with Crippen LogP contribution in [0.5, 0.6) is 5.75 Å². The SMILES string of the molecule is Cc1cccc(/C=N/c2ccccc2O)n1. The number of hydrogen-bond acceptors (Lipinski definition) is 3. The van der Waals surface area contributed by atoms with Crippen molar-refractivity contribution >= 4 is 11.9 Å². The number of pyridine rings is 1. The van der Waals surface area contributed by atoms with Gasteiger partial charge in [0.15, 0.2) is 0 Å². The van der Waals surface area contributed by atoms with Gasteiger partial charge in [0, 0.05) is 5.69 Å². The van der Waals surface area contributed by atoms with Gasteiger partial charge < -0.3 is 5.11 Å². The van der Waals surface area contributed by atoms with Crippen molar-refractivity contribution in [3.05, 3.63) is 53.9 Å². The minimum atomic E-state index is 0.173. The van der Waals surface area contributed by atoms with Gasteiger partial charge in [-0.25, -0.2) is 0 Å². The molecule has 2 rings (SSSR count). The maximum Gasteiger partial charge on any atom is 0.141 e. The van der Waals surface area contributed by atoms with Gasteiger partial charge >= 0.3 is 0 Å². The van der Waals surface area contributed by atoms with Crippen LogP contribution in [0.25, 0.3) is 0 Å². The molecule has 16 heavy (non-hydrogen) atoms. The minimum absolute atomic E-state index is 0.173. The van der Waals surface area contributed by atoms with E-state index in [1.54, 1.807) is 24.4 Å². The highest BCUT2D eigenvalue weighted by Crippen LogP contribution is 2.24. The summed E-state index contributed by atoms with van der Waals surface area (Å²) in [4.78, 5) is 8.47. The van der Waals surface area contributed by atoms with E-state index in [9.17, 15) is 5.11 Å². The normalized spacial score (nSPS) is 10.8. The maximum absolute atomic E-state index is 9.51. The molecule has 3 heteroatoms. The van der Waals surface area contributed by atoms with Crippen molar-refractivity contribution in [2.75, 3.05) is 0 Å². The summed E-state index contributed by atoms with van der Waals surface area (Å²) in [6.07, 6.45) is 1.64. The number of aliphatic imine (C=N–C) groups is 1. The fourth-order valence-electron chi connectivity index (χ4n) is 1.35. The number of aromatic nitrogens is 1. The molecule has 1 N–H and O–H groups in total. The highest BCUT2D eigenvalue weighted by molar-refractivity contribution is 5.80. The Morgan fingerprint density at radius 1 is 1.12 bits per heavy atom. The third kappa shape index (κ3) is 2.45. The summed E-state index contributed by atoms with van der Waals surface area (Å²) in [5.74, 6) is 0.173. The van der Waals surface area contributed by atoms with Gasteiger partial charge in [-0.1, -0.05) is 18.2 Å². The van der Waals surface area contributed by atoms with E-state index < -0.39 is 0 Å². The molecular weight excluding hydrogens is 200 g/mol. The van der Waals surface area contributed by atoms with Crippen LogP contribution in [-0.4, -0.2) is 16.3 Å². The Balaban J connectivity index is 2.25. The zero-order valence-corrected chi connectivity index (χ0v) is 8.96. The van der Waals surface area contributed by atoms with Crippen LogP contribution in [0.4, 0.5) is 5.69 Å². The molecule has 0 aliphatic heterocycles. The fourth-order valence-corrected chi connectivity index (χ4v) is 1.35. The first-order chi connectivity index (χ1) is 7.75. The fraction of sp³-hybridized carbons (Fsp3) is 0.0769. The van der Waals surface area contributed by atoms with Crippen molar-refractivity contribution in [1.82, 2.24) is 4.98 Å². The van der Waals surface area contributed by atoms with Gasteiger partial charge in [0.25, 0.3) is 0 Å². The average molecular weight is 212 g/mol. The topological polar surface area (TPSA) is 45.5 Å². The number of rotatable bonds is 2. The highest BCUT2D eigenvalue weighted by Gasteiger charge is 1.95. The molecule has 1 aromatic heterocycles. The van der Waals surface area contributed by atoms with Crippen LogP contribution < -0.4 is 0 Å². The number of hydrogen-bond donors (Lipinski definition) is 1. The molecule has 0 bridgehead atoms. The third-order valence-electron chi connectivity index (χ3n) is 2.13. The van der Waals surface area contributed by atoms with Gasteiger partial charge in [0.2, 0.25) is 0 Å². The first kappa shape index (κ1) is 10.4. The lowest BCUT2D eigenvalue weighted by Gasteiger charge is -1.97. The van der Waals surface area contributed by atoms with E-state index in [2.05, 4.69) is 9.98 Å². The van der Waals surface area contributed by atoms with Crippen LogP contribution in [0, 0.1) is 6.92 Å². The van der Waals surface area contributed by atoms with Crippen molar-refractivity contribution in [1.29, 1.82) is 0 Å². The lowest BCUT2D eigenvalue weighted by atomic mass is 10.3. The summed E-state index contributed by atoms with van der Waals surface area (Å²) in [5, 5.41) is 9.51. The summed E-state index contributed by atoms with van der Waals surface area (Å²) in [6, 6.07) is 12.7. The number of aryl methyl sites for hydroxylation is 1. The molecule has 0 unspecified atom stereocenters. The first-order valence-corrected chi connectivity index (χ1v) is 5.01. The molecule has 0 atom stereocenters. The van der Waals surface area contributed by atoms with E-state index in [4.69, 9.17) is 0 Å². The Morgan fingerprint density at radius 3 is 2.69 bits per heavy atom. The van der Waals surface area contributed by atoms with Gasteiger partial charge in [-0.2, -0.15) is 0 Å². The van der Waals surface area contributed by atoms with Crippen LogP contribution in [-0.2, 0) is 0 Å². The zero-order valence-electron chi connectivity index (χ0n) is 8.96. The number of benzene rings is 1. The number of phenols is 1. The maximum atomic E-state index is 9.51. The van der Waals surface area contributed by atoms with Crippen molar-refractivity contribution in [3.63, 3.8) is 0 Å². The second kappa shape index (κ2) is 4.57. The van der Waals surface area contributed by atoms with E-state index in [0.29, 0.717) is 5.69 Å². The Morgan fingerprint density at radius 2 is 1.94 bits per heavy atom. The van der Waals surface area contributed by atoms with Gasteiger partial charge in [0.1, 0.15) is 11.4 Å². The van der Waals surface area contributed by atoms with Crippen LogP contribution in [0.15, 0.2) is 47.5 Å². The summed E-state index contributed by atoms with van der Waals surface area (Å²) < 4.78 is 0. The zero-order chi connectivity index (χ0) is 11.4. The number of nitrogens with zero attached hydrogens (tertiary/aromatic N) is 2. The molecule has 0 saturated carbocycles. The highest BCUT2D eigenvalue weighted by atomic mass is 16.3. The van der Waals surface area contributed by atoms with E-state index in [1.807, 2.05) is 31.2 Å². The second-order valence-corrected chi connectivity index (χ2v) is 3.45. The molecule has 3 nitrogen and oxygen atoms in total. The Kier molecular flexibility index (Phi) is 2.96. The summed E-state index contributed by atoms with van der Waals surface area (Å²) >= 11 is 0. The number of phenolic OH excluding ortho intramolecular Hbond substituents is 1. The lowest BCUT2D eigenvalue weighted by molar-refractivity contribution is 0.477. The first-order valence-electron chi connectivity index (χ1n) is 5.01. The largest absolute Gasteiger partial charge is 0.506 e. The van der Waals surface area contributed by atoms with Crippen molar-refractivity contribution in [2.45, 2.75) is 6.92 Å². The molecule has 1 heterocycles. The van der Waals surface area contributed by atoms with Crippen LogP contribution in [0.1, 0.15) is 11.4 Å². The molecule has 0 radical (unpaired) electrons. The van der Waals surface area contributed by atoms with Crippen molar-refractivity contribution < 1.29 is 5.11 Å². The Bertz CT molecular complexity index is 521. The molecule has 0 amide bonds. The monoisotopic (exact) mass is 212 g/mol. The smallest absolute Gasteiger partial charge is 0.141 e. The second-order valence-electron chi connectivity index (χ2n) is 3.45. The molecule has 2 aromatic rings. The molecule has 1 aromatic carbocycles. The number of para-hydroxylation sites is 2. The molecule has 0 aliphatic rings. The predicted octanol–water partition coefficient (Wildman–Crippen LogP) is 2.85. The van der Waals surface area contributed by atoms with Crippen molar-refractivity contribution in [3.8, 4) is 5.75 Å². The van der Waals surface area contributed by atoms with E-state index in [-0.39, 0.29) is 5.75 Å². The van der Waals surface area contributed by atoms with E-state index >= 15 is 0 Å². The number of aromatic hydroxyl groups is 1. The molecule has 0 aliphatic carbocycles. The molecule has 0 saturated heterocycles. The molecule has 80 valence electrons. The molecular formula is C13H12N2O. The lowest BCUT2D eigenvalue weighted by Crippen LogP contribution is -1.88. The molecule has 0 fully saturated rings. The van der Waals surface area contributed by atoms with Gasteiger partial charge in [-0.3, -0.25) is 9.98 Å². The predicted molar refractivity (Wildman–Crippen MR) is 64.3 cm³/mol. The quantitative estimate of drug-likeness (QED) is 0.778. The minimum Gasteiger partial charge on any atom is -0.506 e.